The van der Waals surface area contributed by atoms with Crippen LogP contribution in [0.3, 0.4) is 0 Å². The predicted octanol–water partition coefficient (Wildman–Crippen LogP) is -0.383. The molecular formula is C9H18NO2+. The molecule has 0 spiro atoms. The highest BCUT2D eigenvalue weighted by atomic mass is 16.5. The smallest absolute Gasteiger partial charge is 0.364 e. The Morgan fingerprint density at radius 2 is 2.42 bits per heavy atom. The van der Waals surface area contributed by atoms with Crippen molar-refractivity contribution >= 4 is 5.97 Å². The number of quaternary nitrogens is 1. The minimum atomic E-state index is -0.0349. The first-order valence-corrected chi connectivity index (χ1v) is 4.72. The van der Waals surface area contributed by atoms with Gasteiger partial charge in [0.1, 0.15) is 0 Å². The van der Waals surface area contributed by atoms with Gasteiger partial charge in [-0.1, -0.05) is 13.3 Å². The van der Waals surface area contributed by atoms with E-state index in [1.807, 2.05) is 0 Å². The normalized spacial score (nSPS) is 27.8. The summed E-state index contributed by atoms with van der Waals surface area (Å²) in [5.41, 5.74) is 0. The summed E-state index contributed by atoms with van der Waals surface area (Å²) < 4.78 is 4.70. The Balaban J connectivity index is 2.24. The molecule has 1 fully saturated rings. The van der Waals surface area contributed by atoms with E-state index in [1.165, 1.54) is 24.9 Å². The number of carbonyl (C=O) groups is 1. The Morgan fingerprint density at radius 1 is 1.67 bits per heavy atom. The minimum Gasteiger partial charge on any atom is -0.465 e. The van der Waals surface area contributed by atoms with Gasteiger partial charge in [-0.15, -0.1) is 0 Å². The number of methoxy groups -OCH3 is 1. The summed E-state index contributed by atoms with van der Waals surface area (Å²) in [5.74, 6) is -0.0349. The van der Waals surface area contributed by atoms with Crippen molar-refractivity contribution in [2.75, 3.05) is 20.2 Å². The molecule has 1 aliphatic heterocycles. The molecule has 0 aromatic rings. The van der Waals surface area contributed by atoms with Crippen LogP contribution < -0.4 is 4.90 Å². The summed E-state index contributed by atoms with van der Waals surface area (Å²) in [4.78, 5) is 12.5. The largest absolute Gasteiger partial charge is 0.465 e. The van der Waals surface area contributed by atoms with Crippen molar-refractivity contribution in [3.8, 4) is 0 Å². The molecule has 0 aromatic heterocycles. The zero-order chi connectivity index (χ0) is 8.97. The van der Waals surface area contributed by atoms with Crippen LogP contribution in [0.5, 0.6) is 0 Å². The van der Waals surface area contributed by atoms with E-state index in [1.54, 1.807) is 0 Å². The van der Waals surface area contributed by atoms with Gasteiger partial charge in [-0.05, 0) is 6.42 Å². The van der Waals surface area contributed by atoms with Gasteiger partial charge >= 0.3 is 5.97 Å². The molecule has 0 radical (unpaired) electrons. The van der Waals surface area contributed by atoms with Crippen molar-refractivity contribution in [3.05, 3.63) is 0 Å². The average Bonchev–Trinajstić information content (AvgIpc) is 2.03. The lowest BCUT2D eigenvalue weighted by Gasteiger charge is -2.34. The van der Waals surface area contributed by atoms with E-state index in [2.05, 4.69) is 6.92 Å². The zero-order valence-electron chi connectivity index (χ0n) is 7.93. The molecule has 1 aliphatic rings. The molecule has 1 rings (SSSR count). The number of rotatable bonds is 4. The van der Waals surface area contributed by atoms with Crippen molar-refractivity contribution < 1.29 is 14.4 Å². The lowest BCUT2D eigenvalue weighted by molar-refractivity contribution is -0.957. The maximum atomic E-state index is 11.1. The van der Waals surface area contributed by atoms with E-state index in [0.29, 0.717) is 0 Å². The van der Waals surface area contributed by atoms with Crippen LogP contribution in [-0.2, 0) is 9.53 Å². The quantitative estimate of drug-likeness (QED) is 0.586. The molecule has 12 heavy (non-hydrogen) atoms. The Labute approximate surface area is 73.7 Å². The third kappa shape index (κ3) is 1.97. The molecular weight excluding hydrogens is 154 g/mol. The molecule has 2 atom stereocenters. The molecule has 1 saturated heterocycles. The van der Waals surface area contributed by atoms with Crippen LogP contribution in [0.15, 0.2) is 0 Å². The highest BCUT2D eigenvalue weighted by Crippen LogP contribution is 1.98. The second-order valence-corrected chi connectivity index (χ2v) is 3.38. The van der Waals surface area contributed by atoms with E-state index in [-0.39, 0.29) is 12.0 Å². The molecule has 1 heterocycles. The number of ether oxygens (including phenoxy) is 1. The van der Waals surface area contributed by atoms with Gasteiger partial charge in [0.2, 0.25) is 0 Å². The number of hydrogen-bond donors (Lipinski definition) is 1. The molecule has 3 heteroatoms. The topological polar surface area (TPSA) is 30.7 Å². The molecule has 0 saturated carbocycles. The summed E-state index contributed by atoms with van der Waals surface area (Å²) in [6, 6.07) is 0.140. The third-order valence-corrected chi connectivity index (χ3v) is 2.58. The van der Waals surface area contributed by atoms with Gasteiger partial charge in [-0.25, -0.2) is 4.79 Å². The van der Waals surface area contributed by atoms with Crippen molar-refractivity contribution in [3.63, 3.8) is 0 Å². The molecule has 1 N–H and O–H groups in total. The van der Waals surface area contributed by atoms with Gasteiger partial charge < -0.3 is 9.64 Å². The number of unbranched alkanes of at least 4 members (excludes halogenated alkanes) is 1. The second-order valence-electron chi connectivity index (χ2n) is 3.38. The highest BCUT2D eigenvalue weighted by molar-refractivity contribution is 5.74. The molecule has 0 bridgehead atoms. The maximum Gasteiger partial charge on any atom is 0.364 e. The zero-order valence-corrected chi connectivity index (χ0v) is 7.93. The number of hydrogen-bond acceptors (Lipinski definition) is 2. The molecule has 0 amide bonds. The summed E-state index contributed by atoms with van der Waals surface area (Å²) in [5, 5.41) is 0. The fourth-order valence-electron chi connectivity index (χ4n) is 1.62. The number of esters is 1. The second kappa shape index (κ2) is 4.45. The van der Waals surface area contributed by atoms with Gasteiger partial charge in [0.05, 0.1) is 26.6 Å². The van der Waals surface area contributed by atoms with Gasteiger partial charge in [-0.3, -0.25) is 0 Å². The first kappa shape index (κ1) is 9.52. The fourth-order valence-corrected chi connectivity index (χ4v) is 1.62. The lowest BCUT2D eigenvalue weighted by Crippen LogP contribution is -3.23. The number of likely N-dealkylation sites (tertiary alicyclic amines) is 1. The van der Waals surface area contributed by atoms with Crippen molar-refractivity contribution in [2.45, 2.75) is 32.2 Å². The Bertz CT molecular complexity index is 159. The molecule has 0 aliphatic carbocycles. The summed E-state index contributed by atoms with van der Waals surface area (Å²) in [6.45, 7) is 4.43. The molecule has 0 aromatic carbocycles. The van der Waals surface area contributed by atoms with Crippen molar-refractivity contribution in [1.82, 2.24) is 0 Å². The molecule has 70 valence electrons. The van der Waals surface area contributed by atoms with Crippen LogP contribution in [0.4, 0.5) is 0 Å². The summed E-state index contributed by atoms with van der Waals surface area (Å²) in [7, 11) is 1.47. The standard InChI is InChI=1S/C9H17NO2/c1-3-4-6-10-7-5-8(10)9(11)12-2/h8H,3-7H2,1-2H3/p+1/t8-/m0/s1. The fraction of sp³-hybridized carbons (Fsp3) is 0.889. The molecule has 3 nitrogen and oxygen atoms in total. The summed E-state index contributed by atoms with van der Waals surface area (Å²) >= 11 is 0. The van der Waals surface area contributed by atoms with Gasteiger partial charge in [0.15, 0.2) is 6.04 Å². The van der Waals surface area contributed by atoms with Crippen LogP contribution >= 0.6 is 0 Å². The van der Waals surface area contributed by atoms with E-state index < -0.39 is 0 Å². The molecule has 1 unspecified atom stereocenters. The number of carbonyl (C=O) groups excluding carboxylic acids is 1. The van der Waals surface area contributed by atoms with Crippen LogP contribution in [0, 0.1) is 0 Å². The third-order valence-electron chi connectivity index (χ3n) is 2.58. The van der Waals surface area contributed by atoms with Crippen LogP contribution in [0.2, 0.25) is 0 Å². The van der Waals surface area contributed by atoms with Crippen molar-refractivity contribution in [1.29, 1.82) is 0 Å². The van der Waals surface area contributed by atoms with Crippen LogP contribution in [0.1, 0.15) is 26.2 Å². The maximum absolute atomic E-state index is 11.1. The van der Waals surface area contributed by atoms with Gasteiger partial charge in [-0.2, -0.15) is 0 Å². The van der Waals surface area contributed by atoms with E-state index in [4.69, 9.17) is 4.74 Å². The van der Waals surface area contributed by atoms with E-state index in [9.17, 15) is 4.79 Å². The first-order valence-electron chi connectivity index (χ1n) is 4.72. The lowest BCUT2D eigenvalue weighted by atomic mass is 10.0. The first-order chi connectivity index (χ1) is 5.79. The predicted molar refractivity (Wildman–Crippen MR) is 46.0 cm³/mol. The number of nitrogens with one attached hydrogen (secondary N) is 1. The van der Waals surface area contributed by atoms with Crippen molar-refractivity contribution in [2.24, 2.45) is 0 Å². The van der Waals surface area contributed by atoms with Crippen LogP contribution in [0.25, 0.3) is 0 Å². The Hall–Kier alpha value is -0.570. The van der Waals surface area contributed by atoms with E-state index >= 15 is 0 Å². The minimum absolute atomic E-state index is 0.0349. The summed E-state index contributed by atoms with van der Waals surface area (Å²) in [6.07, 6.45) is 3.42. The Kier molecular flexibility index (Phi) is 3.53. The monoisotopic (exact) mass is 172 g/mol. The van der Waals surface area contributed by atoms with Crippen LogP contribution in [-0.4, -0.2) is 32.2 Å². The Morgan fingerprint density at radius 3 is 2.83 bits per heavy atom. The van der Waals surface area contributed by atoms with Gasteiger partial charge in [0.25, 0.3) is 0 Å². The highest BCUT2D eigenvalue weighted by Gasteiger charge is 2.38. The van der Waals surface area contributed by atoms with Gasteiger partial charge in [0, 0.05) is 0 Å². The SMILES string of the molecule is CCCC[NH+]1CC[C@H]1C(=O)OC. The average molecular weight is 172 g/mol. The van der Waals surface area contributed by atoms with E-state index in [0.717, 1.165) is 19.5 Å².